The Bertz CT molecular complexity index is 637. The minimum atomic E-state index is -1.39. The number of ketones is 1. The maximum Gasteiger partial charge on any atom is 0.240 e. The number of rotatable bonds is 1. The minimum Gasteiger partial charge on any atom is -0.295 e. The summed E-state index contributed by atoms with van der Waals surface area (Å²) < 4.78 is 0. The largest absolute Gasteiger partial charge is 0.295 e. The normalized spacial score (nSPS) is 36.0. The van der Waals surface area contributed by atoms with Gasteiger partial charge in [0.15, 0.2) is 5.78 Å². The van der Waals surface area contributed by atoms with Gasteiger partial charge in [0.1, 0.15) is 0 Å². The molecule has 2 fully saturated rings. The lowest BCUT2D eigenvalue weighted by molar-refractivity contribution is -0.145. The van der Waals surface area contributed by atoms with Crippen LogP contribution in [0.5, 0.6) is 0 Å². The summed E-state index contributed by atoms with van der Waals surface area (Å²) in [6, 6.07) is 0. The second kappa shape index (κ2) is 4.09. The highest BCUT2D eigenvalue weighted by Gasteiger charge is 2.65. The molecule has 0 saturated carbocycles. The van der Waals surface area contributed by atoms with Crippen molar-refractivity contribution in [2.45, 2.75) is 12.8 Å². The Morgan fingerprint density at radius 2 is 1.52 bits per heavy atom. The Balaban J connectivity index is 2.16. The molecule has 2 aliphatic heterocycles. The molecule has 21 heavy (non-hydrogen) atoms. The number of imide groups is 2. The number of hydrogen-bond donors (Lipinski definition) is 0. The highest BCUT2D eigenvalue weighted by Crippen LogP contribution is 2.52. The van der Waals surface area contributed by atoms with E-state index in [0.29, 0.717) is 0 Å². The van der Waals surface area contributed by atoms with Gasteiger partial charge in [-0.15, -0.1) is 0 Å². The molecule has 0 unspecified atom stereocenters. The van der Waals surface area contributed by atoms with Gasteiger partial charge in [-0.05, 0) is 6.08 Å². The monoisotopic (exact) mass is 290 g/mol. The van der Waals surface area contributed by atoms with Crippen LogP contribution < -0.4 is 0 Å². The zero-order valence-electron chi connectivity index (χ0n) is 11.7. The van der Waals surface area contributed by atoms with Crippen molar-refractivity contribution in [3.63, 3.8) is 0 Å². The molecule has 7 heteroatoms. The van der Waals surface area contributed by atoms with Gasteiger partial charge in [0.05, 0.1) is 17.3 Å². The van der Waals surface area contributed by atoms with E-state index in [9.17, 15) is 24.0 Å². The second-order valence-electron chi connectivity index (χ2n) is 5.74. The molecule has 0 N–H and O–H groups in total. The number of carbonyl (C=O) groups is 5. The average molecular weight is 290 g/mol. The summed E-state index contributed by atoms with van der Waals surface area (Å²) in [6.45, 7) is 0. The van der Waals surface area contributed by atoms with E-state index < -0.39 is 35.0 Å². The molecule has 4 amide bonds. The van der Waals surface area contributed by atoms with Gasteiger partial charge < -0.3 is 0 Å². The quantitative estimate of drug-likeness (QED) is 0.585. The van der Waals surface area contributed by atoms with Crippen molar-refractivity contribution >= 4 is 29.4 Å². The summed E-state index contributed by atoms with van der Waals surface area (Å²) in [7, 11) is 2.70. The maximum atomic E-state index is 12.6. The van der Waals surface area contributed by atoms with Gasteiger partial charge in [0.2, 0.25) is 23.6 Å². The Kier molecular flexibility index (Phi) is 2.66. The van der Waals surface area contributed by atoms with Crippen molar-refractivity contribution in [2.24, 2.45) is 17.3 Å². The Morgan fingerprint density at radius 3 is 2.10 bits per heavy atom. The molecule has 3 rings (SSSR count). The van der Waals surface area contributed by atoms with Crippen LogP contribution in [-0.4, -0.2) is 53.3 Å². The molecule has 0 aromatic carbocycles. The summed E-state index contributed by atoms with van der Waals surface area (Å²) in [5.74, 6) is -3.88. The third kappa shape index (κ3) is 1.51. The van der Waals surface area contributed by atoms with E-state index in [1.54, 1.807) is 0 Å². The molecule has 0 aromatic rings. The predicted molar refractivity (Wildman–Crippen MR) is 68.3 cm³/mol. The molecule has 2 heterocycles. The zero-order valence-corrected chi connectivity index (χ0v) is 11.7. The first-order valence-corrected chi connectivity index (χ1v) is 6.65. The van der Waals surface area contributed by atoms with Gasteiger partial charge in [-0.25, -0.2) is 0 Å². The van der Waals surface area contributed by atoms with Gasteiger partial charge in [0, 0.05) is 26.9 Å². The lowest BCUT2D eigenvalue weighted by Gasteiger charge is -2.34. The van der Waals surface area contributed by atoms with Gasteiger partial charge in [-0.1, -0.05) is 6.08 Å². The molecule has 1 aliphatic carbocycles. The SMILES string of the molecule is CN1C(=O)C[C@@H]([C@]23C=CC(=O)C[C@H]2C(=O)N(C)C3=O)C1=O. The first kappa shape index (κ1) is 13.7. The minimum absolute atomic E-state index is 0.104. The van der Waals surface area contributed by atoms with E-state index in [0.717, 1.165) is 9.80 Å². The average Bonchev–Trinajstić information content (AvgIpc) is 2.82. The molecule has 0 bridgehead atoms. The molecule has 110 valence electrons. The lowest BCUT2D eigenvalue weighted by Crippen LogP contribution is -2.46. The van der Waals surface area contributed by atoms with Crippen LogP contribution in [0.15, 0.2) is 12.2 Å². The summed E-state index contributed by atoms with van der Waals surface area (Å²) in [5.41, 5.74) is -1.39. The number of carbonyl (C=O) groups excluding carboxylic acids is 5. The Morgan fingerprint density at radius 1 is 0.952 bits per heavy atom. The highest BCUT2D eigenvalue weighted by atomic mass is 16.2. The molecule has 0 radical (unpaired) electrons. The van der Waals surface area contributed by atoms with Crippen molar-refractivity contribution in [1.82, 2.24) is 9.80 Å². The smallest absolute Gasteiger partial charge is 0.240 e. The van der Waals surface area contributed by atoms with Crippen LogP contribution in [0, 0.1) is 17.3 Å². The van der Waals surface area contributed by atoms with Crippen LogP contribution in [0.25, 0.3) is 0 Å². The molecule has 3 aliphatic rings. The van der Waals surface area contributed by atoms with Crippen molar-refractivity contribution in [1.29, 1.82) is 0 Å². The number of nitrogens with zero attached hydrogens (tertiary/aromatic N) is 2. The molecule has 3 atom stereocenters. The van der Waals surface area contributed by atoms with E-state index >= 15 is 0 Å². The first-order valence-electron chi connectivity index (χ1n) is 6.65. The number of hydrogen-bond acceptors (Lipinski definition) is 5. The summed E-state index contributed by atoms with van der Waals surface area (Å²) in [6.07, 6.45) is 2.39. The van der Waals surface area contributed by atoms with Crippen LogP contribution in [0.2, 0.25) is 0 Å². The van der Waals surface area contributed by atoms with E-state index in [1.807, 2.05) is 0 Å². The number of fused-ring (bicyclic) bond motifs is 1. The van der Waals surface area contributed by atoms with Crippen molar-refractivity contribution in [2.75, 3.05) is 14.1 Å². The topological polar surface area (TPSA) is 91.8 Å². The highest BCUT2D eigenvalue weighted by molar-refractivity contribution is 6.16. The van der Waals surface area contributed by atoms with E-state index in [4.69, 9.17) is 0 Å². The lowest BCUT2D eigenvalue weighted by atomic mass is 9.63. The first-order chi connectivity index (χ1) is 9.80. The predicted octanol–water partition coefficient (Wildman–Crippen LogP) is -0.878. The van der Waals surface area contributed by atoms with Crippen LogP contribution in [0.3, 0.4) is 0 Å². The summed E-state index contributed by atoms with van der Waals surface area (Å²) in [5, 5.41) is 0. The van der Waals surface area contributed by atoms with Crippen LogP contribution in [0.1, 0.15) is 12.8 Å². The van der Waals surface area contributed by atoms with Gasteiger partial charge in [-0.2, -0.15) is 0 Å². The molecule has 7 nitrogen and oxygen atoms in total. The molecule has 2 saturated heterocycles. The molecule has 0 aromatic heterocycles. The van der Waals surface area contributed by atoms with Crippen LogP contribution in [-0.2, 0) is 24.0 Å². The zero-order chi connectivity index (χ0) is 15.5. The Hall–Kier alpha value is -2.31. The van der Waals surface area contributed by atoms with Crippen molar-refractivity contribution in [3.8, 4) is 0 Å². The fourth-order valence-corrected chi connectivity index (χ4v) is 3.56. The van der Waals surface area contributed by atoms with Gasteiger partial charge >= 0.3 is 0 Å². The van der Waals surface area contributed by atoms with Crippen LogP contribution >= 0.6 is 0 Å². The van der Waals surface area contributed by atoms with Crippen molar-refractivity contribution in [3.05, 3.63) is 12.2 Å². The third-order valence-corrected chi connectivity index (χ3v) is 4.79. The van der Waals surface area contributed by atoms with E-state index in [-0.39, 0.29) is 24.5 Å². The third-order valence-electron chi connectivity index (χ3n) is 4.79. The molecular weight excluding hydrogens is 276 g/mol. The summed E-state index contributed by atoms with van der Waals surface area (Å²) >= 11 is 0. The Labute approximate surface area is 120 Å². The number of likely N-dealkylation sites (tertiary alicyclic amines) is 2. The molecule has 0 spiro atoms. The van der Waals surface area contributed by atoms with Crippen molar-refractivity contribution < 1.29 is 24.0 Å². The van der Waals surface area contributed by atoms with E-state index in [2.05, 4.69) is 0 Å². The number of allylic oxidation sites excluding steroid dienone is 1. The van der Waals surface area contributed by atoms with Gasteiger partial charge in [-0.3, -0.25) is 33.8 Å². The summed E-state index contributed by atoms with van der Waals surface area (Å²) in [4.78, 5) is 62.4. The standard InChI is InChI=1S/C14H14N2O5/c1-15-10(18)6-9(11(15)19)14-4-3-7(17)5-8(14)12(20)16(2)13(14)21/h3-4,8-9H,5-6H2,1-2H3/t8-,9+,14-/m0/s1. The second-order valence-corrected chi connectivity index (χ2v) is 5.74. The maximum absolute atomic E-state index is 12.6. The molecular formula is C14H14N2O5. The fraction of sp³-hybridized carbons (Fsp3) is 0.500. The van der Waals surface area contributed by atoms with Crippen LogP contribution in [0.4, 0.5) is 0 Å². The van der Waals surface area contributed by atoms with Gasteiger partial charge in [0.25, 0.3) is 0 Å². The number of amides is 4. The fourth-order valence-electron chi connectivity index (χ4n) is 3.56. The van der Waals surface area contributed by atoms with E-state index in [1.165, 1.54) is 26.2 Å².